The number of thiophene rings is 3. The third-order valence-electron chi connectivity index (χ3n) is 27.0. The summed E-state index contributed by atoms with van der Waals surface area (Å²) in [5, 5.41) is 12.9. The predicted molar refractivity (Wildman–Crippen MR) is 593 cm³/mol. The number of furan rings is 3. The van der Waals surface area contributed by atoms with Crippen LogP contribution in [0.4, 0.5) is 0 Å². The van der Waals surface area contributed by atoms with Crippen molar-refractivity contribution in [1.82, 2.24) is 59.8 Å². The first-order chi connectivity index (χ1) is 72.7. The third kappa shape index (κ3) is 15.0. The summed E-state index contributed by atoms with van der Waals surface area (Å²) in [4.78, 5) is 60.0. The third-order valence-corrected chi connectivity index (χ3v) is 30.5. The molecule has 0 fully saturated rings. The van der Waals surface area contributed by atoms with Gasteiger partial charge in [0.1, 0.15) is 50.0 Å². The normalized spacial score (nSPS) is 11.8. The van der Waals surface area contributed by atoms with Crippen molar-refractivity contribution in [2.24, 2.45) is 0 Å². The van der Waals surface area contributed by atoms with Crippen LogP contribution < -0.4 is 0 Å². The number of para-hydroxylation sites is 6. The van der Waals surface area contributed by atoms with E-state index in [9.17, 15) is 0 Å². The molecule has 31 aromatic rings. The lowest BCUT2D eigenvalue weighted by Gasteiger charge is -2.10. The smallest absolute Gasteiger partial charge is 0.227 e. The van der Waals surface area contributed by atoms with Crippen molar-refractivity contribution in [3.05, 3.63) is 425 Å². The molecule has 31 rings (SSSR count). The van der Waals surface area contributed by atoms with Crippen molar-refractivity contribution in [2.75, 3.05) is 0 Å². The molecule has 21 heteroatoms. The summed E-state index contributed by atoms with van der Waals surface area (Å²) in [6.07, 6.45) is 0. The summed E-state index contributed by atoms with van der Waals surface area (Å²) in [7, 11) is 0. The van der Waals surface area contributed by atoms with Crippen molar-refractivity contribution in [1.29, 1.82) is 0 Å². The highest BCUT2D eigenvalue weighted by Gasteiger charge is 2.27. The number of oxazole rings is 3. The first-order valence-electron chi connectivity index (χ1n) is 48.0. The lowest BCUT2D eigenvalue weighted by Crippen LogP contribution is -2.00. The van der Waals surface area contributed by atoms with Gasteiger partial charge in [-0.1, -0.05) is 273 Å². The first kappa shape index (κ1) is 84.5. The van der Waals surface area contributed by atoms with Gasteiger partial charge in [0.05, 0.1) is 0 Å². The Kier molecular flexibility index (Phi) is 20.0. The number of aromatic nitrogens is 12. The van der Waals surface area contributed by atoms with Crippen LogP contribution in [0.25, 0.3) is 308 Å². The maximum Gasteiger partial charge on any atom is 0.227 e. The molecular formula is C126H70N12O6S3. The van der Waals surface area contributed by atoms with E-state index in [4.69, 9.17) is 86.3 Å². The van der Waals surface area contributed by atoms with Gasteiger partial charge in [0.2, 0.25) is 17.7 Å². The Morgan fingerprint density at radius 3 is 0.878 bits per heavy atom. The molecule has 0 amide bonds. The SMILES string of the molecule is c1ccc(-c2nc(-c3ccc(-c4cccc5c4sc4ccccc45)cc3)nc(-c3cccc4oc5ccc(-c6nc7ccccc7o6)cc5c34)n2)cc1.c1ccc(-c2nc(-c3ccc4sc5ccccc5c4c3)nc(-c3cccc4oc5ccc(-c6nc7ccccc7o6)cc5c34)n2)cc1.c1ccc(-c2nc(-c3cccc4oc5ccc(-c6nc7ccccc7o6)cc5c34)nc(-c3cccc4sc5ccccc5c34)n2)cc1. The van der Waals surface area contributed by atoms with Gasteiger partial charge >= 0.3 is 0 Å². The molecular weight excluding hydrogens is 1870 g/mol. The zero-order chi connectivity index (χ0) is 96.7. The van der Waals surface area contributed by atoms with E-state index in [-0.39, 0.29) is 0 Å². The largest absolute Gasteiger partial charge is 0.456 e. The summed E-state index contributed by atoms with van der Waals surface area (Å²) in [5.74, 6) is 7.04. The number of nitrogens with zero attached hydrogens (tertiary/aromatic N) is 12. The maximum absolute atomic E-state index is 6.38. The minimum Gasteiger partial charge on any atom is -0.456 e. The van der Waals surface area contributed by atoms with Crippen molar-refractivity contribution < 1.29 is 26.5 Å². The molecule has 19 aromatic carbocycles. The molecule has 18 nitrogen and oxygen atoms in total. The number of rotatable bonds is 13. The van der Waals surface area contributed by atoms with Crippen LogP contribution in [0.2, 0.25) is 0 Å². The second-order valence-corrected chi connectivity index (χ2v) is 39.1. The van der Waals surface area contributed by atoms with Gasteiger partial charge in [0.25, 0.3) is 0 Å². The summed E-state index contributed by atoms with van der Waals surface area (Å²) in [5.41, 5.74) is 22.3. The molecule has 0 saturated heterocycles. The quantitative estimate of drug-likeness (QED) is 0.104. The first-order valence-corrected chi connectivity index (χ1v) is 50.4. The fraction of sp³-hybridized carbons (Fsp3) is 0. The molecule has 0 spiro atoms. The number of hydrogen-bond donors (Lipinski definition) is 0. The average Bonchev–Trinajstić information content (AvgIpc) is 1.61. The number of hydrogen-bond acceptors (Lipinski definition) is 21. The van der Waals surface area contributed by atoms with Crippen molar-refractivity contribution >= 4 is 194 Å². The van der Waals surface area contributed by atoms with E-state index in [0.717, 1.165) is 177 Å². The van der Waals surface area contributed by atoms with Crippen LogP contribution in [0.1, 0.15) is 0 Å². The molecule has 0 atom stereocenters. The minimum absolute atomic E-state index is 0.556. The number of fused-ring (bicyclic) bond motifs is 21. The second kappa shape index (κ2) is 34.8. The topological polar surface area (TPSA) is 234 Å². The van der Waals surface area contributed by atoms with E-state index >= 15 is 0 Å². The molecule has 0 aliphatic carbocycles. The molecule has 12 heterocycles. The molecule has 0 saturated carbocycles. The standard InChI is InChI=1S/C46H26N4O2S.2C40H22N4O2S/c1-2-10-28(11-3-1)43-48-44(29-22-20-27(21-23-29)31-13-8-14-33-32-12-4-7-19-40(32)53-42(31)33)50-45(49-43)34-15-9-18-39-41(34)35-26-30(24-25-37(35)51-39)46-47-36-16-5-6-17-38(36)52-46;1-2-10-23(11-3-1)37-42-38(44-39(43-37)27-14-9-19-34-36(27)25-12-4-7-18-33(25)47-34)26-13-8-17-32-35(26)28-22-24(20-21-30(28)45-32)40-41-29-15-5-6-16-31(29)46-40;1-2-9-23(10-3-1)37-42-38(24-18-20-35-28(21-24)26-11-4-7-16-34(26)47-35)44-39(43-37)27-12-8-15-33-36(27)29-22-25(17-19-31(29)45-33)40-41-30-13-5-6-14-32(30)46-40/h1-26H;2*1-22H. The van der Waals surface area contributed by atoms with Gasteiger partial charge in [-0.05, 0) is 163 Å². The van der Waals surface area contributed by atoms with E-state index in [1.54, 1.807) is 22.7 Å². The predicted octanol–water partition coefficient (Wildman–Crippen LogP) is 34.5. The highest BCUT2D eigenvalue weighted by Crippen LogP contribution is 2.48. The molecule has 0 radical (unpaired) electrons. The zero-order valence-corrected chi connectivity index (χ0v) is 79.9. The van der Waals surface area contributed by atoms with E-state index in [1.807, 2.05) is 260 Å². The molecule has 688 valence electrons. The van der Waals surface area contributed by atoms with E-state index in [1.165, 1.54) is 60.7 Å². The van der Waals surface area contributed by atoms with Crippen LogP contribution in [0.3, 0.4) is 0 Å². The van der Waals surface area contributed by atoms with Crippen molar-refractivity contribution in [3.63, 3.8) is 0 Å². The highest BCUT2D eigenvalue weighted by molar-refractivity contribution is 7.27. The van der Waals surface area contributed by atoms with Crippen LogP contribution in [0, 0.1) is 0 Å². The van der Waals surface area contributed by atoms with E-state index in [0.29, 0.717) is 70.1 Å². The van der Waals surface area contributed by atoms with Crippen molar-refractivity contribution in [3.8, 4) is 148 Å². The van der Waals surface area contributed by atoms with Gasteiger partial charge in [0.15, 0.2) is 69.2 Å². The summed E-state index contributed by atoms with van der Waals surface area (Å²) >= 11 is 5.41. The summed E-state index contributed by atoms with van der Waals surface area (Å²) < 4.78 is 45.0. The van der Waals surface area contributed by atoms with Crippen molar-refractivity contribution in [2.45, 2.75) is 0 Å². The molecule has 0 aliphatic rings. The maximum atomic E-state index is 6.38. The fourth-order valence-electron chi connectivity index (χ4n) is 20.0. The fourth-order valence-corrected chi connectivity index (χ4v) is 23.5. The van der Waals surface area contributed by atoms with E-state index < -0.39 is 0 Å². The van der Waals surface area contributed by atoms with E-state index in [2.05, 4.69) is 176 Å². The Hall–Kier alpha value is -19.3. The Morgan fingerprint density at radius 2 is 0.429 bits per heavy atom. The lowest BCUT2D eigenvalue weighted by atomic mass is 10.0. The van der Waals surface area contributed by atoms with Gasteiger partial charge in [-0.25, -0.2) is 59.8 Å². The Morgan fingerprint density at radius 1 is 0.143 bits per heavy atom. The average molecular weight is 1940 g/mol. The second-order valence-electron chi connectivity index (χ2n) is 35.9. The number of benzene rings is 19. The Balaban J connectivity index is 0.000000104. The van der Waals surface area contributed by atoms with Crippen LogP contribution in [-0.2, 0) is 0 Å². The molecule has 0 N–H and O–H groups in total. The minimum atomic E-state index is 0.556. The summed E-state index contributed by atoms with van der Waals surface area (Å²) in [6.45, 7) is 0. The van der Waals surface area contributed by atoms with Crippen LogP contribution in [0.15, 0.2) is 451 Å². The highest BCUT2D eigenvalue weighted by atomic mass is 32.1. The lowest BCUT2D eigenvalue weighted by molar-refractivity contribution is 0.619. The Bertz CT molecular complexity index is 10600. The van der Waals surface area contributed by atoms with Gasteiger partial charge in [-0.2, -0.15) is 0 Å². The Labute approximate surface area is 846 Å². The molecule has 0 unspecified atom stereocenters. The van der Waals surface area contributed by atoms with Gasteiger partial charge in [0, 0.05) is 160 Å². The molecule has 0 bridgehead atoms. The molecule has 147 heavy (non-hydrogen) atoms. The molecule has 12 aromatic heterocycles. The van der Waals surface area contributed by atoms with Gasteiger partial charge < -0.3 is 26.5 Å². The van der Waals surface area contributed by atoms with Crippen LogP contribution in [-0.4, -0.2) is 59.8 Å². The summed E-state index contributed by atoms with van der Waals surface area (Å²) in [6, 6.07) is 143. The van der Waals surface area contributed by atoms with Crippen LogP contribution in [0.5, 0.6) is 0 Å². The van der Waals surface area contributed by atoms with Gasteiger partial charge in [-0.3, -0.25) is 0 Å². The van der Waals surface area contributed by atoms with Gasteiger partial charge in [-0.15, -0.1) is 34.0 Å². The van der Waals surface area contributed by atoms with Crippen LogP contribution >= 0.6 is 34.0 Å². The monoisotopic (exact) mass is 1940 g/mol. The molecule has 0 aliphatic heterocycles. The zero-order valence-electron chi connectivity index (χ0n) is 77.5.